The molecule has 0 radical (unpaired) electrons. The first-order valence-corrected chi connectivity index (χ1v) is 4.39. The Labute approximate surface area is 87.9 Å². The van der Waals surface area contributed by atoms with Gasteiger partial charge in [-0.3, -0.25) is 9.59 Å². The second-order valence-corrected chi connectivity index (χ2v) is 3.26. The molecule has 0 aliphatic rings. The van der Waals surface area contributed by atoms with Crippen LogP contribution in [-0.2, 0) is 9.59 Å². The highest BCUT2D eigenvalue weighted by Crippen LogP contribution is 2.16. The van der Waals surface area contributed by atoms with Crippen molar-refractivity contribution in [3.63, 3.8) is 0 Å². The van der Waals surface area contributed by atoms with Gasteiger partial charge in [0.15, 0.2) is 0 Å². The average molecular weight is 207 g/mol. The first kappa shape index (κ1) is 11.0. The maximum Gasteiger partial charge on any atom is 0.313 e. The maximum atomic E-state index is 11.0. The molecule has 3 N–H and O–H groups in total. The Morgan fingerprint density at radius 1 is 1.33 bits per heavy atom. The van der Waals surface area contributed by atoms with Gasteiger partial charge >= 0.3 is 11.8 Å². The molecule has 0 saturated heterocycles. The number of benzene rings is 1. The fraction of sp³-hybridized carbons (Fsp3) is 0.200. The molecule has 0 bridgehead atoms. The molecular formula is C10H13N3O2. The van der Waals surface area contributed by atoms with Crippen LogP contribution in [0.4, 0.5) is 11.4 Å². The van der Waals surface area contributed by atoms with Crippen LogP contribution in [0.25, 0.3) is 0 Å². The monoisotopic (exact) mass is 207 g/mol. The number of nitrogens with one attached hydrogen (secondary N) is 1. The molecular weight excluding hydrogens is 194 g/mol. The van der Waals surface area contributed by atoms with E-state index in [1.165, 1.54) is 0 Å². The van der Waals surface area contributed by atoms with Crippen molar-refractivity contribution < 1.29 is 9.59 Å². The molecule has 0 aliphatic carbocycles. The van der Waals surface area contributed by atoms with Gasteiger partial charge in [-0.25, -0.2) is 0 Å². The Hall–Kier alpha value is -2.04. The summed E-state index contributed by atoms with van der Waals surface area (Å²) in [7, 11) is 3.77. The van der Waals surface area contributed by atoms with Crippen LogP contribution < -0.4 is 16.0 Å². The van der Waals surface area contributed by atoms with Crippen LogP contribution >= 0.6 is 0 Å². The minimum Gasteiger partial charge on any atom is -0.378 e. The van der Waals surface area contributed by atoms with Gasteiger partial charge in [0.1, 0.15) is 0 Å². The fourth-order valence-corrected chi connectivity index (χ4v) is 1.05. The Balaban J connectivity index is 2.82. The second kappa shape index (κ2) is 4.45. The first-order valence-electron chi connectivity index (χ1n) is 4.39. The lowest BCUT2D eigenvalue weighted by molar-refractivity contribution is -0.134. The smallest absolute Gasteiger partial charge is 0.313 e. The molecule has 0 aliphatic heterocycles. The summed E-state index contributed by atoms with van der Waals surface area (Å²) in [6.45, 7) is 0. The molecule has 0 spiro atoms. The molecule has 0 saturated carbocycles. The third-order valence-electron chi connectivity index (χ3n) is 1.84. The summed E-state index contributed by atoms with van der Waals surface area (Å²) in [4.78, 5) is 23.4. The van der Waals surface area contributed by atoms with E-state index in [1.807, 2.05) is 25.1 Å². The summed E-state index contributed by atoms with van der Waals surface area (Å²) in [5.74, 6) is -1.81. The highest BCUT2D eigenvalue weighted by molar-refractivity contribution is 6.39. The molecule has 0 atom stereocenters. The zero-order chi connectivity index (χ0) is 11.4. The summed E-state index contributed by atoms with van der Waals surface area (Å²) < 4.78 is 0. The second-order valence-electron chi connectivity index (χ2n) is 3.26. The van der Waals surface area contributed by atoms with Crippen LogP contribution in [0, 0.1) is 0 Å². The molecule has 0 unspecified atom stereocenters. The van der Waals surface area contributed by atoms with Crippen molar-refractivity contribution in [1.29, 1.82) is 0 Å². The number of hydrogen-bond acceptors (Lipinski definition) is 3. The van der Waals surface area contributed by atoms with E-state index < -0.39 is 11.8 Å². The number of carbonyl (C=O) groups is 2. The predicted molar refractivity (Wildman–Crippen MR) is 58.6 cm³/mol. The van der Waals surface area contributed by atoms with Crippen molar-refractivity contribution in [2.24, 2.45) is 5.73 Å². The topological polar surface area (TPSA) is 75.4 Å². The van der Waals surface area contributed by atoms with Crippen LogP contribution in [0.15, 0.2) is 24.3 Å². The highest BCUT2D eigenvalue weighted by Gasteiger charge is 2.08. The predicted octanol–water partition coefficient (Wildman–Crippen LogP) is 0.176. The minimum atomic E-state index is -0.995. The van der Waals surface area contributed by atoms with Gasteiger partial charge in [0, 0.05) is 25.5 Å². The number of amides is 2. The lowest BCUT2D eigenvalue weighted by Crippen LogP contribution is -2.29. The summed E-state index contributed by atoms with van der Waals surface area (Å²) in [6.07, 6.45) is 0. The molecule has 1 aromatic carbocycles. The molecule has 1 aromatic rings. The molecule has 2 amide bonds. The largest absolute Gasteiger partial charge is 0.378 e. The normalized spacial score (nSPS) is 9.47. The number of nitrogens with two attached hydrogens (primary N) is 1. The third kappa shape index (κ3) is 2.98. The lowest BCUT2D eigenvalue weighted by Gasteiger charge is -2.13. The molecule has 5 heteroatoms. The van der Waals surface area contributed by atoms with Crippen LogP contribution in [-0.4, -0.2) is 25.9 Å². The summed E-state index contributed by atoms with van der Waals surface area (Å²) >= 11 is 0. The van der Waals surface area contributed by atoms with Crippen molar-refractivity contribution in [1.82, 2.24) is 0 Å². The lowest BCUT2D eigenvalue weighted by atomic mass is 10.2. The Bertz CT molecular complexity index is 388. The molecule has 0 aromatic heterocycles. The van der Waals surface area contributed by atoms with E-state index in [2.05, 4.69) is 5.32 Å². The van der Waals surface area contributed by atoms with Crippen molar-refractivity contribution in [3.05, 3.63) is 24.3 Å². The molecule has 15 heavy (non-hydrogen) atoms. The average Bonchev–Trinajstić information content (AvgIpc) is 2.18. The standard InChI is InChI=1S/C10H13N3O2/c1-13(2)8-5-3-4-7(6-8)12-10(15)9(11)14/h3-6H,1-2H3,(H2,11,14)(H,12,15). The van der Waals surface area contributed by atoms with E-state index in [-0.39, 0.29) is 0 Å². The molecule has 0 heterocycles. The van der Waals surface area contributed by atoms with Gasteiger partial charge in [-0.05, 0) is 18.2 Å². The van der Waals surface area contributed by atoms with Crippen LogP contribution in [0.5, 0.6) is 0 Å². The summed E-state index contributed by atoms with van der Waals surface area (Å²) in [6, 6.07) is 7.11. The summed E-state index contributed by atoms with van der Waals surface area (Å²) in [5.41, 5.74) is 6.29. The fourth-order valence-electron chi connectivity index (χ4n) is 1.05. The van der Waals surface area contributed by atoms with Crippen LogP contribution in [0.1, 0.15) is 0 Å². The van der Waals surface area contributed by atoms with E-state index in [1.54, 1.807) is 18.2 Å². The zero-order valence-electron chi connectivity index (χ0n) is 8.65. The van der Waals surface area contributed by atoms with Gasteiger partial charge in [-0.1, -0.05) is 6.07 Å². The number of nitrogens with zero attached hydrogens (tertiary/aromatic N) is 1. The Kier molecular flexibility index (Phi) is 3.28. The van der Waals surface area contributed by atoms with E-state index in [0.29, 0.717) is 5.69 Å². The molecule has 1 rings (SSSR count). The maximum absolute atomic E-state index is 11.0. The van der Waals surface area contributed by atoms with E-state index in [9.17, 15) is 9.59 Å². The number of carbonyl (C=O) groups excluding carboxylic acids is 2. The van der Waals surface area contributed by atoms with Gasteiger partial charge < -0.3 is 16.0 Å². The third-order valence-corrected chi connectivity index (χ3v) is 1.84. The number of anilines is 2. The zero-order valence-corrected chi connectivity index (χ0v) is 8.65. The van der Waals surface area contributed by atoms with Crippen LogP contribution in [0.2, 0.25) is 0 Å². The van der Waals surface area contributed by atoms with Gasteiger partial charge in [0.2, 0.25) is 0 Å². The van der Waals surface area contributed by atoms with E-state index in [0.717, 1.165) is 5.69 Å². The Morgan fingerprint density at radius 3 is 2.53 bits per heavy atom. The quantitative estimate of drug-likeness (QED) is 0.679. The van der Waals surface area contributed by atoms with Gasteiger partial charge in [0.25, 0.3) is 0 Å². The van der Waals surface area contributed by atoms with Gasteiger partial charge in [-0.15, -0.1) is 0 Å². The van der Waals surface area contributed by atoms with Crippen LogP contribution in [0.3, 0.4) is 0 Å². The molecule has 0 fully saturated rings. The van der Waals surface area contributed by atoms with Crippen molar-refractivity contribution in [2.75, 3.05) is 24.3 Å². The van der Waals surface area contributed by atoms with Crippen molar-refractivity contribution in [2.45, 2.75) is 0 Å². The molecule has 5 nitrogen and oxygen atoms in total. The number of rotatable bonds is 2. The minimum absolute atomic E-state index is 0.546. The van der Waals surface area contributed by atoms with Crippen molar-refractivity contribution >= 4 is 23.2 Å². The van der Waals surface area contributed by atoms with Gasteiger partial charge in [0.05, 0.1) is 0 Å². The number of primary amides is 1. The number of hydrogen-bond donors (Lipinski definition) is 2. The van der Waals surface area contributed by atoms with E-state index >= 15 is 0 Å². The molecule has 80 valence electrons. The Morgan fingerprint density at radius 2 is 2.00 bits per heavy atom. The summed E-state index contributed by atoms with van der Waals surface area (Å²) in [5, 5.41) is 2.40. The first-order chi connectivity index (χ1) is 7.00. The highest BCUT2D eigenvalue weighted by atomic mass is 16.2. The van der Waals surface area contributed by atoms with Gasteiger partial charge in [-0.2, -0.15) is 0 Å². The SMILES string of the molecule is CN(C)c1cccc(NC(=O)C(N)=O)c1. The van der Waals surface area contributed by atoms with E-state index in [4.69, 9.17) is 5.73 Å². The van der Waals surface area contributed by atoms with Crippen molar-refractivity contribution in [3.8, 4) is 0 Å².